The van der Waals surface area contributed by atoms with E-state index in [1.165, 1.54) is 6.42 Å². The molecule has 0 bridgehead atoms. The van der Waals surface area contributed by atoms with E-state index < -0.39 is 0 Å². The second-order valence-electron chi connectivity index (χ2n) is 6.17. The van der Waals surface area contributed by atoms with Crippen LogP contribution < -0.4 is 0 Å². The number of nitrogens with zero attached hydrogens (tertiary/aromatic N) is 1. The molecule has 2 heterocycles. The van der Waals surface area contributed by atoms with Gasteiger partial charge >= 0.3 is 0 Å². The van der Waals surface area contributed by atoms with Gasteiger partial charge in [-0.15, -0.1) is 0 Å². The Bertz CT molecular complexity index is 685. The van der Waals surface area contributed by atoms with E-state index >= 15 is 0 Å². The number of aromatic amines is 1. The lowest BCUT2D eigenvalue weighted by Gasteiger charge is -2.34. The molecular weight excluding hydrogens is 396 g/mol. The third-order valence-corrected chi connectivity index (χ3v) is 5.95. The lowest BCUT2D eigenvalue weighted by molar-refractivity contribution is 0.0625. The molecule has 1 amide bonds. The first-order valence-corrected chi connectivity index (χ1v) is 8.79. The Labute approximate surface area is 141 Å². The van der Waals surface area contributed by atoms with Gasteiger partial charge in [-0.25, -0.2) is 0 Å². The van der Waals surface area contributed by atoms with Gasteiger partial charge in [-0.2, -0.15) is 0 Å². The number of hydrogen-bond acceptors (Lipinski definition) is 1. The van der Waals surface area contributed by atoms with Gasteiger partial charge in [-0.05, 0) is 62.2 Å². The topological polar surface area (TPSA) is 36.1 Å². The summed E-state index contributed by atoms with van der Waals surface area (Å²) in [4.78, 5) is 18.0. The van der Waals surface area contributed by atoms with Crippen molar-refractivity contribution in [1.29, 1.82) is 0 Å². The molecule has 1 aliphatic heterocycles. The Morgan fingerprint density at radius 3 is 2.48 bits per heavy atom. The first kappa shape index (κ1) is 15.1. The standard InChI is InChI=1S/C16H18Br2N2O/c1-9-3-10(2)8-20(7-9)16(21)12-6-19-15-5-14(18)13(17)4-11(12)15/h4-6,9-10,19H,3,7-8H2,1-2H3. The van der Waals surface area contributed by atoms with Crippen molar-refractivity contribution < 1.29 is 4.79 Å². The highest BCUT2D eigenvalue weighted by Gasteiger charge is 2.27. The maximum absolute atomic E-state index is 12.8. The highest BCUT2D eigenvalue weighted by atomic mass is 79.9. The van der Waals surface area contributed by atoms with Gasteiger partial charge in [-0.3, -0.25) is 4.79 Å². The lowest BCUT2D eigenvalue weighted by Crippen LogP contribution is -2.42. The molecule has 5 heteroatoms. The second kappa shape index (κ2) is 5.76. The van der Waals surface area contributed by atoms with Crippen LogP contribution in [0.3, 0.4) is 0 Å². The molecule has 1 N–H and O–H groups in total. The molecule has 3 nitrogen and oxygen atoms in total. The summed E-state index contributed by atoms with van der Waals surface area (Å²) >= 11 is 7.01. The van der Waals surface area contributed by atoms with Gasteiger partial charge in [0.2, 0.25) is 0 Å². The normalized spacial score (nSPS) is 22.8. The van der Waals surface area contributed by atoms with E-state index in [-0.39, 0.29) is 5.91 Å². The Morgan fingerprint density at radius 2 is 1.81 bits per heavy atom. The fourth-order valence-electron chi connectivity index (χ4n) is 3.29. The quantitative estimate of drug-likeness (QED) is 0.715. The maximum atomic E-state index is 12.8. The summed E-state index contributed by atoms with van der Waals surface area (Å²) < 4.78 is 1.94. The molecule has 1 fully saturated rings. The summed E-state index contributed by atoms with van der Waals surface area (Å²) in [6.07, 6.45) is 3.03. The van der Waals surface area contributed by atoms with Crippen LogP contribution in [-0.2, 0) is 0 Å². The molecule has 3 rings (SSSR count). The molecule has 2 aromatic rings. The zero-order chi connectivity index (χ0) is 15.1. The number of carbonyl (C=O) groups is 1. The van der Waals surface area contributed by atoms with Gasteiger partial charge in [0, 0.05) is 39.1 Å². The van der Waals surface area contributed by atoms with Gasteiger partial charge in [0.15, 0.2) is 0 Å². The summed E-state index contributed by atoms with van der Waals surface area (Å²) in [5.74, 6) is 1.28. The van der Waals surface area contributed by atoms with Gasteiger partial charge in [0.25, 0.3) is 5.91 Å². The predicted octanol–water partition coefficient (Wildman–Crippen LogP) is 4.81. The van der Waals surface area contributed by atoms with Crippen molar-refractivity contribution in [2.24, 2.45) is 11.8 Å². The SMILES string of the molecule is CC1CC(C)CN(C(=O)c2c[nH]c3cc(Br)c(Br)cc23)C1. The van der Waals surface area contributed by atoms with Crippen LogP contribution in [0.5, 0.6) is 0 Å². The summed E-state index contributed by atoms with van der Waals surface area (Å²) in [5, 5.41) is 0.973. The molecule has 2 unspecified atom stereocenters. The number of halogens is 2. The number of likely N-dealkylation sites (tertiary alicyclic amines) is 1. The van der Waals surface area contributed by atoms with Crippen molar-refractivity contribution in [1.82, 2.24) is 9.88 Å². The fourth-order valence-corrected chi connectivity index (χ4v) is 3.98. The van der Waals surface area contributed by atoms with Crippen molar-refractivity contribution in [3.05, 3.63) is 32.8 Å². The Hall–Kier alpha value is -0.810. The first-order chi connectivity index (χ1) is 9.95. The van der Waals surface area contributed by atoms with Crippen LogP contribution in [0.4, 0.5) is 0 Å². The average molecular weight is 414 g/mol. The minimum absolute atomic E-state index is 0.133. The number of nitrogens with one attached hydrogen (secondary N) is 1. The van der Waals surface area contributed by atoms with Gasteiger partial charge in [0.05, 0.1) is 5.56 Å². The highest BCUT2D eigenvalue weighted by Crippen LogP contribution is 2.31. The summed E-state index contributed by atoms with van der Waals surface area (Å²) in [6.45, 7) is 6.15. The monoisotopic (exact) mass is 412 g/mol. The van der Waals surface area contributed by atoms with Crippen LogP contribution in [0.1, 0.15) is 30.6 Å². The van der Waals surface area contributed by atoms with E-state index in [9.17, 15) is 4.79 Å². The minimum atomic E-state index is 0.133. The van der Waals surface area contributed by atoms with Crippen LogP contribution in [0.25, 0.3) is 10.9 Å². The van der Waals surface area contributed by atoms with Crippen molar-refractivity contribution in [3.63, 3.8) is 0 Å². The van der Waals surface area contributed by atoms with E-state index in [1.807, 2.05) is 23.2 Å². The number of rotatable bonds is 1. The number of benzene rings is 1. The van der Waals surface area contributed by atoms with Crippen LogP contribution in [-0.4, -0.2) is 28.9 Å². The minimum Gasteiger partial charge on any atom is -0.360 e. The van der Waals surface area contributed by atoms with Crippen LogP contribution in [0.15, 0.2) is 27.3 Å². The number of aromatic nitrogens is 1. The molecule has 2 atom stereocenters. The van der Waals surface area contributed by atoms with Crippen LogP contribution in [0.2, 0.25) is 0 Å². The molecule has 1 aromatic carbocycles. The van der Waals surface area contributed by atoms with E-state index in [4.69, 9.17) is 0 Å². The summed E-state index contributed by atoms with van der Waals surface area (Å²) in [5.41, 5.74) is 1.74. The zero-order valence-corrected chi connectivity index (χ0v) is 15.3. The molecule has 0 radical (unpaired) electrons. The van der Waals surface area contributed by atoms with E-state index in [2.05, 4.69) is 50.7 Å². The lowest BCUT2D eigenvalue weighted by atomic mass is 9.91. The number of carbonyl (C=O) groups excluding carboxylic acids is 1. The number of piperidine rings is 1. The largest absolute Gasteiger partial charge is 0.360 e. The third kappa shape index (κ3) is 2.90. The Kier molecular flexibility index (Phi) is 4.14. The van der Waals surface area contributed by atoms with Crippen molar-refractivity contribution in [3.8, 4) is 0 Å². The molecule has 0 spiro atoms. The second-order valence-corrected chi connectivity index (χ2v) is 7.88. The molecule has 1 aliphatic rings. The van der Waals surface area contributed by atoms with Crippen LogP contribution in [0, 0.1) is 11.8 Å². The fraction of sp³-hybridized carbons (Fsp3) is 0.438. The van der Waals surface area contributed by atoms with Crippen molar-refractivity contribution in [2.45, 2.75) is 20.3 Å². The van der Waals surface area contributed by atoms with Gasteiger partial charge in [0.1, 0.15) is 0 Å². The Morgan fingerprint density at radius 1 is 1.19 bits per heavy atom. The number of fused-ring (bicyclic) bond motifs is 1. The molecule has 0 saturated carbocycles. The molecule has 0 aliphatic carbocycles. The van der Waals surface area contributed by atoms with Gasteiger partial charge < -0.3 is 9.88 Å². The molecule has 1 saturated heterocycles. The Balaban J connectivity index is 1.96. The van der Waals surface area contributed by atoms with Crippen molar-refractivity contribution in [2.75, 3.05) is 13.1 Å². The summed E-state index contributed by atoms with van der Waals surface area (Å²) in [7, 11) is 0. The molecule has 1 aromatic heterocycles. The third-order valence-electron chi connectivity index (χ3n) is 4.11. The highest BCUT2D eigenvalue weighted by molar-refractivity contribution is 9.13. The van der Waals surface area contributed by atoms with Crippen molar-refractivity contribution >= 4 is 48.7 Å². The van der Waals surface area contributed by atoms with Gasteiger partial charge in [-0.1, -0.05) is 13.8 Å². The number of amides is 1. The van der Waals surface area contributed by atoms with E-state index in [1.54, 1.807) is 0 Å². The average Bonchev–Trinajstić information content (AvgIpc) is 2.80. The predicted molar refractivity (Wildman–Crippen MR) is 92.5 cm³/mol. The summed E-state index contributed by atoms with van der Waals surface area (Å²) in [6, 6.07) is 4.00. The number of H-pyrrole nitrogens is 1. The smallest absolute Gasteiger partial charge is 0.256 e. The molecule has 112 valence electrons. The number of hydrogen-bond donors (Lipinski definition) is 1. The maximum Gasteiger partial charge on any atom is 0.256 e. The molecular formula is C16H18Br2N2O. The zero-order valence-electron chi connectivity index (χ0n) is 12.1. The van der Waals surface area contributed by atoms with Crippen LogP contribution >= 0.6 is 31.9 Å². The van der Waals surface area contributed by atoms with E-state index in [0.717, 1.165) is 38.5 Å². The first-order valence-electron chi connectivity index (χ1n) is 7.21. The van der Waals surface area contributed by atoms with E-state index in [0.29, 0.717) is 11.8 Å². The molecule has 21 heavy (non-hydrogen) atoms.